The molecular formula is C16H27N3. The lowest BCUT2D eigenvalue weighted by atomic mass is 9.71. The van der Waals surface area contributed by atoms with E-state index in [-0.39, 0.29) is 0 Å². The molecule has 0 aromatic carbocycles. The summed E-state index contributed by atoms with van der Waals surface area (Å²) in [7, 11) is 0. The van der Waals surface area contributed by atoms with Crippen LogP contribution in [0, 0.1) is 5.41 Å². The maximum absolute atomic E-state index is 4.41. The highest BCUT2D eigenvalue weighted by Gasteiger charge is 2.37. The summed E-state index contributed by atoms with van der Waals surface area (Å²) in [6.07, 6.45) is 15.6. The lowest BCUT2D eigenvalue weighted by molar-refractivity contribution is 0.188. The largest absolute Gasteiger partial charge is 0.380 e. The van der Waals surface area contributed by atoms with Gasteiger partial charge in [0.05, 0.1) is 11.9 Å². The van der Waals surface area contributed by atoms with Crippen LogP contribution in [-0.2, 0) is 0 Å². The molecule has 1 N–H and O–H groups in total. The average Bonchev–Trinajstić information content (AvgIpc) is 3.02. The molecule has 3 nitrogen and oxygen atoms in total. The smallest absolute Gasteiger partial charge is 0.0728 e. The molecule has 2 saturated carbocycles. The first kappa shape index (κ1) is 13.0. The van der Waals surface area contributed by atoms with Gasteiger partial charge in [0, 0.05) is 18.3 Å². The van der Waals surface area contributed by atoms with E-state index in [2.05, 4.69) is 30.5 Å². The Labute approximate surface area is 116 Å². The van der Waals surface area contributed by atoms with Crippen LogP contribution in [0.15, 0.2) is 12.4 Å². The van der Waals surface area contributed by atoms with Crippen molar-refractivity contribution in [2.24, 2.45) is 5.41 Å². The Balaban J connectivity index is 1.54. The fourth-order valence-electron chi connectivity index (χ4n) is 3.93. The van der Waals surface area contributed by atoms with Gasteiger partial charge in [0.2, 0.25) is 0 Å². The molecule has 0 aliphatic heterocycles. The first-order valence-corrected chi connectivity index (χ1v) is 7.98. The quantitative estimate of drug-likeness (QED) is 0.875. The Morgan fingerprint density at radius 1 is 1.21 bits per heavy atom. The minimum atomic E-state index is 0.448. The summed E-state index contributed by atoms with van der Waals surface area (Å²) < 4.78 is 2.03. The fourth-order valence-corrected chi connectivity index (χ4v) is 3.93. The minimum absolute atomic E-state index is 0.448. The van der Waals surface area contributed by atoms with Gasteiger partial charge < -0.3 is 5.32 Å². The Hall–Kier alpha value is -0.990. The minimum Gasteiger partial charge on any atom is -0.380 e. The second-order valence-electron chi connectivity index (χ2n) is 6.93. The summed E-state index contributed by atoms with van der Waals surface area (Å²) in [4.78, 5) is 0. The summed E-state index contributed by atoms with van der Waals surface area (Å²) in [5.41, 5.74) is 1.93. The van der Waals surface area contributed by atoms with Gasteiger partial charge in [-0.15, -0.1) is 0 Å². The molecule has 0 bridgehead atoms. The van der Waals surface area contributed by atoms with Crippen LogP contribution < -0.4 is 5.32 Å². The van der Waals surface area contributed by atoms with Gasteiger partial charge in [0.1, 0.15) is 0 Å². The number of nitrogens with zero attached hydrogens (tertiary/aromatic N) is 2. The molecule has 2 aliphatic rings. The van der Waals surface area contributed by atoms with Crippen molar-refractivity contribution in [3.63, 3.8) is 0 Å². The Bertz CT molecular complexity index is 405. The van der Waals surface area contributed by atoms with Gasteiger partial charge >= 0.3 is 0 Å². The van der Waals surface area contributed by atoms with Crippen molar-refractivity contribution in [1.82, 2.24) is 9.78 Å². The molecule has 1 spiro atoms. The van der Waals surface area contributed by atoms with E-state index in [4.69, 9.17) is 0 Å². The van der Waals surface area contributed by atoms with Gasteiger partial charge in [-0.3, -0.25) is 4.68 Å². The summed E-state index contributed by atoms with van der Waals surface area (Å²) in [6, 6.07) is 1.11. The van der Waals surface area contributed by atoms with Crippen molar-refractivity contribution in [3.05, 3.63) is 12.4 Å². The maximum atomic E-state index is 4.41. The van der Waals surface area contributed by atoms with Crippen LogP contribution in [0.4, 0.5) is 5.69 Å². The van der Waals surface area contributed by atoms with Crippen LogP contribution in [0.5, 0.6) is 0 Å². The molecule has 3 rings (SSSR count). The van der Waals surface area contributed by atoms with Crippen molar-refractivity contribution < 1.29 is 0 Å². The van der Waals surface area contributed by atoms with E-state index in [1.54, 1.807) is 0 Å². The van der Waals surface area contributed by atoms with E-state index < -0.39 is 0 Å². The van der Waals surface area contributed by atoms with Crippen molar-refractivity contribution in [3.8, 4) is 0 Å². The summed E-state index contributed by atoms with van der Waals surface area (Å²) >= 11 is 0. The van der Waals surface area contributed by atoms with Crippen LogP contribution >= 0.6 is 0 Å². The molecule has 106 valence electrons. The zero-order chi connectivity index (χ0) is 13.3. The number of aromatic nitrogens is 2. The molecule has 0 radical (unpaired) electrons. The molecule has 2 aliphatic carbocycles. The number of hydrogen-bond acceptors (Lipinski definition) is 2. The van der Waals surface area contributed by atoms with Crippen LogP contribution in [-0.4, -0.2) is 15.8 Å². The molecule has 1 aromatic rings. The van der Waals surface area contributed by atoms with Gasteiger partial charge in [0.25, 0.3) is 0 Å². The predicted octanol–water partition coefficient (Wildman–Crippen LogP) is 4.38. The first-order chi connectivity index (χ1) is 9.17. The monoisotopic (exact) mass is 261 g/mol. The maximum Gasteiger partial charge on any atom is 0.0728 e. The third-order valence-corrected chi connectivity index (χ3v) is 5.21. The van der Waals surface area contributed by atoms with Crippen LogP contribution in [0.1, 0.15) is 71.3 Å². The number of rotatable bonds is 3. The Kier molecular flexibility index (Phi) is 3.55. The zero-order valence-electron chi connectivity index (χ0n) is 12.4. The molecule has 2 fully saturated rings. The van der Waals surface area contributed by atoms with Gasteiger partial charge in [0.15, 0.2) is 0 Å². The number of anilines is 1. The molecular weight excluding hydrogens is 234 g/mol. The van der Waals surface area contributed by atoms with Crippen molar-refractivity contribution in [1.29, 1.82) is 0 Å². The normalized spacial score (nSPS) is 23.3. The van der Waals surface area contributed by atoms with Gasteiger partial charge in [-0.1, -0.05) is 12.8 Å². The van der Waals surface area contributed by atoms with E-state index in [0.29, 0.717) is 12.1 Å². The second-order valence-corrected chi connectivity index (χ2v) is 6.93. The standard InChI is InChI=1S/C16H27N3/c1-13(2)19-12-15(11-17-19)18-14-5-9-16(10-6-14)7-3-4-8-16/h11-14,18H,3-10H2,1-2H3. The van der Waals surface area contributed by atoms with Gasteiger partial charge in [-0.2, -0.15) is 5.10 Å². The lowest BCUT2D eigenvalue weighted by Gasteiger charge is -2.37. The Morgan fingerprint density at radius 2 is 1.89 bits per heavy atom. The second kappa shape index (κ2) is 5.18. The van der Waals surface area contributed by atoms with Crippen LogP contribution in [0.3, 0.4) is 0 Å². The van der Waals surface area contributed by atoms with E-state index in [9.17, 15) is 0 Å². The van der Waals surface area contributed by atoms with Gasteiger partial charge in [-0.25, -0.2) is 0 Å². The zero-order valence-corrected chi connectivity index (χ0v) is 12.4. The average molecular weight is 261 g/mol. The first-order valence-electron chi connectivity index (χ1n) is 7.98. The molecule has 1 aromatic heterocycles. The van der Waals surface area contributed by atoms with Gasteiger partial charge in [-0.05, 0) is 57.8 Å². The topological polar surface area (TPSA) is 29.9 Å². The molecule has 0 amide bonds. The highest BCUT2D eigenvalue weighted by molar-refractivity contribution is 5.39. The third-order valence-electron chi connectivity index (χ3n) is 5.21. The van der Waals surface area contributed by atoms with Crippen molar-refractivity contribution >= 4 is 5.69 Å². The number of nitrogens with one attached hydrogen (secondary N) is 1. The summed E-state index contributed by atoms with van der Waals surface area (Å²) in [5, 5.41) is 8.09. The van der Waals surface area contributed by atoms with E-state index in [1.165, 1.54) is 57.1 Å². The molecule has 19 heavy (non-hydrogen) atoms. The van der Waals surface area contributed by atoms with E-state index >= 15 is 0 Å². The summed E-state index contributed by atoms with van der Waals surface area (Å²) in [5.74, 6) is 0. The van der Waals surface area contributed by atoms with E-state index in [1.807, 2.05) is 10.9 Å². The fraction of sp³-hybridized carbons (Fsp3) is 0.812. The molecule has 0 unspecified atom stereocenters. The third kappa shape index (κ3) is 2.80. The van der Waals surface area contributed by atoms with Crippen molar-refractivity contribution in [2.75, 3.05) is 5.32 Å². The van der Waals surface area contributed by atoms with E-state index in [0.717, 1.165) is 5.41 Å². The molecule has 0 saturated heterocycles. The number of hydrogen-bond donors (Lipinski definition) is 1. The SMILES string of the molecule is CC(C)n1cc(NC2CCC3(CCCC3)CC2)cn1. The highest BCUT2D eigenvalue weighted by atomic mass is 15.3. The highest BCUT2D eigenvalue weighted by Crippen LogP contribution is 2.49. The van der Waals surface area contributed by atoms with Crippen LogP contribution in [0.25, 0.3) is 0 Å². The predicted molar refractivity (Wildman–Crippen MR) is 79.4 cm³/mol. The Morgan fingerprint density at radius 3 is 2.47 bits per heavy atom. The molecule has 0 atom stereocenters. The van der Waals surface area contributed by atoms with Crippen LogP contribution in [0.2, 0.25) is 0 Å². The van der Waals surface area contributed by atoms with Crippen molar-refractivity contribution in [2.45, 2.75) is 77.3 Å². The lowest BCUT2D eigenvalue weighted by Crippen LogP contribution is -2.31. The molecule has 3 heteroatoms. The summed E-state index contributed by atoms with van der Waals surface area (Å²) in [6.45, 7) is 4.34. The molecule has 1 heterocycles.